The van der Waals surface area contributed by atoms with Crippen LogP contribution in [0.25, 0.3) is 0 Å². The largest absolute Gasteiger partial charge is 0.507 e. The first kappa shape index (κ1) is 14.9. The van der Waals surface area contributed by atoms with Gasteiger partial charge in [0.15, 0.2) is 0 Å². The van der Waals surface area contributed by atoms with Crippen molar-refractivity contribution in [1.82, 2.24) is 0 Å². The SMILES string of the molecule is COc1cccc(C#N)c1NC(=O)c1cc(Br)ccc1O. The summed E-state index contributed by atoms with van der Waals surface area (Å²) >= 11 is 3.24. The molecule has 0 atom stereocenters. The number of phenolic OH excluding ortho intramolecular Hbond substituents is 1. The van der Waals surface area contributed by atoms with Crippen molar-refractivity contribution >= 4 is 27.5 Å². The van der Waals surface area contributed by atoms with Crippen LogP contribution in [0.3, 0.4) is 0 Å². The highest BCUT2D eigenvalue weighted by atomic mass is 79.9. The fourth-order valence-corrected chi connectivity index (χ4v) is 2.16. The van der Waals surface area contributed by atoms with Crippen molar-refractivity contribution in [1.29, 1.82) is 5.26 Å². The molecule has 0 saturated heterocycles. The molecule has 0 fully saturated rings. The number of ether oxygens (including phenoxy) is 1. The van der Waals surface area contributed by atoms with Gasteiger partial charge < -0.3 is 15.2 Å². The summed E-state index contributed by atoms with van der Waals surface area (Å²) in [7, 11) is 1.45. The van der Waals surface area contributed by atoms with E-state index >= 15 is 0 Å². The number of amides is 1. The standard InChI is InChI=1S/C15H11BrN2O3/c1-21-13-4-2-3-9(8-17)14(13)18-15(20)11-7-10(16)5-6-12(11)19/h2-7,19H,1H3,(H,18,20). The molecule has 0 radical (unpaired) electrons. The molecule has 0 heterocycles. The summed E-state index contributed by atoms with van der Waals surface area (Å²) in [6.45, 7) is 0. The van der Waals surface area contributed by atoms with Crippen LogP contribution in [0.4, 0.5) is 5.69 Å². The predicted molar refractivity (Wildman–Crippen MR) is 81.5 cm³/mol. The van der Waals surface area contributed by atoms with E-state index in [1.807, 2.05) is 6.07 Å². The molecule has 6 heteroatoms. The van der Waals surface area contributed by atoms with E-state index in [0.29, 0.717) is 10.2 Å². The number of rotatable bonds is 3. The molecular formula is C15H11BrN2O3. The van der Waals surface area contributed by atoms with Gasteiger partial charge in [-0.05, 0) is 30.3 Å². The van der Waals surface area contributed by atoms with E-state index in [-0.39, 0.29) is 22.6 Å². The number of nitrogens with zero attached hydrogens (tertiary/aromatic N) is 1. The van der Waals surface area contributed by atoms with Gasteiger partial charge in [0, 0.05) is 4.47 Å². The third kappa shape index (κ3) is 3.15. The molecule has 1 amide bonds. The Morgan fingerprint density at radius 1 is 1.38 bits per heavy atom. The molecule has 0 saturated carbocycles. The number of hydrogen-bond donors (Lipinski definition) is 2. The molecule has 5 nitrogen and oxygen atoms in total. The van der Waals surface area contributed by atoms with Crippen LogP contribution in [0.15, 0.2) is 40.9 Å². The summed E-state index contributed by atoms with van der Waals surface area (Å²) in [6.07, 6.45) is 0. The topological polar surface area (TPSA) is 82.3 Å². The molecule has 21 heavy (non-hydrogen) atoms. The zero-order valence-corrected chi connectivity index (χ0v) is 12.6. The second-order valence-electron chi connectivity index (χ2n) is 4.11. The molecule has 106 valence electrons. The van der Waals surface area contributed by atoms with E-state index in [4.69, 9.17) is 10.00 Å². The normalized spacial score (nSPS) is 9.76. The predicted octanol–water partition coefficient (Wildman–Crippen LogP) is 3.29. The Morgan fingerprint density at radius 3 is 2.81 bits per heavy atom. The average molecular weight is 347 g/mol. The summed E-state index contributed by atoms with van der Waals surface area (Å²) in [5, 5.41) is 21.5. The van der Waals surface area contributed by atoms with Crippen LogP contribution >= 0.6 is 15.9 Å². The quantitative estimate of drug-likeness (QED) is 0.893. The van der Waals surface area contributed by atoms with Crippen molar-refractivity contribution in [2.24, 2.45) is 0 Å². The van der Waals surface area contributed by atoms with Gasteiger partial charge in [-0.3, -0.25) is 4.79 Å². The number of halogens is 1. The number of carbonyl (C=O) groups excluding carboxylic acids is 1. The van der Waals surface area contributed by atoms with Crippen molar-refractivity contribution in [3.63, 3.8) is 0 Å². The third-order valence-electron chi connectivity index (χ3n) is 2.81. The molecular weight excluding hydrogens is 336 g/mol. The molecule has 2 N–H and O–H groups in total. The number of methoxy groups -OCH3 is 1. The molecule has 0 aliphatic carbocycles. The number of nitrogens with one attached hydrogen (secondary N) is 1. The van der Waals surface area contributed by atoms with Gasteiger partial charge in [0.1, 0.15) is 23.3 Å². The lowest BCUT2D eigenvalue weighted by molar-refractivity contribution is 0.102. The number of para-hydroxylation sites is 1. The monoisotopic (exact) mass is 346 g/mol. The summed E-state index contributed by atoms with van der Waals surface area (Å²) in [5.41, 5.74) is 0.642. The van der Waals surface area contributed by atoms with Crippen LogP contribution in [0.5, 0.6) is 11.5 Å². The van der Waals surface area contributed by atoms with E-state index in [1.165, 1.54) is 19.2 Å². The van der Waals surface area contributed by atoms with Crippen LogP contribution in [0.1, 0.15) is 15.9 Å². The molecule has 0 aliphatic heterocycles. The minimum Gasteiger partial charge on any atom is -0.507 e. The first-order chi connectivity index (χ1) is 10.1. The summed E-state index contributed by atoms with van der Waals surface area (Å²) in [4.78, 5) is 12.3. The van der Waals surface area contributed by atoms with Gasteiger partial charge >= 0.3 is 0 Å². The minimum atomic E-state index is -0.533. The highest BCUT2D eigenvalue weighted by molar-refractivity contribution is 9.10. The van der Waals surface area contributed by atoms with Crippen molar-refractivity contribution in [3.8, 4) is 17.6 Å². The number of hydrogen-bond acceptors (Lipinski definition) is 4. The van der Waals surface area contributed by atoms with Crippen LogP contribution in [-0.2, 0) is 0 Å². The maximum atomic E-state index is 12.3. The van der Waals surface area contributed by atoms with E-state index in [1.54, 1.807) is 24.3 Å². The smallest absolute Gasteiger partial charge is 0.259 e. The van der Waals surface area contributed by atoms with Gasteiger partial charge in [-0.1, -0.05) is 22.0 Å². The molecule has 2 aromatic rings. The number of carbonyl (C=O) groups is 1. The second-order valence-corrected chi connectivity index (χ2v) is 5.03. The lowest BCUT2D eigenvalue weighted by Crippen LogP contribution is -2.14. The van der Waals surface area contributed by atoms with Crippen molar-refractivity contribution in [3.05, 3.63) is 52.0 Å². The Kier molecular flexibility index (Phi) is 4.45. The Balaban J connectivity index is 2.41. The van der Waals surface area contributed by atoms with E-state index in [2.05, 4.69) is 21.2 Å². The first-order valence-electron chi connectivity index (χ1n) is 5.93. The summed E-state index contributed by atoms with van der Waals surface area (Å²) in [5.74, 6) is -0.309. The van der Waals surface area contributed by atoms with Gasteiger partial charge in [-0.15, -0.1) is 0 Å². The highest BCUT2D eigenvalue weighted by Crippen LogP contribution is 2.30. The van der Waals surface area contributed by atoms with Crippen LogP contribution in [0.2, 0.25) is 0 Å². The van der Waals surface area contributed by atoms with Crippen LogP contribution < -0.4 is 10.1 Å². The Bertz CT molecular complexity index is 738. The van der Waals surface area contributed by atoms with Crippen LogP contribution in [0, 0.1) is 11.3 Å². The maximum Gasteiger partial charge on any atom is 0.259 e. The zero-order chi connectivity index (χ0) is 15.4. The molecule has 0 aromatic heterocycles. The summed E-state index contributed by atoms with van der Waals surface area (Å²) < 4.78 is 5.80. The van der Waals surface area contributed by atoms with Gasteiger partial charge in [-0.2, -0.15) is 5.26 Å². The minimum absolute atomic E-state index is 0.0965. The first-order valence-corrected chi connectivity index (χ1v) is 6.73. The Hall–Kier alpha value is -2.52. The third-order valence-corrected chi connectivity index (χ3v) is 3.30. The second kappa shape index (κ2) is 6.29. The lowest BCUT2D eigenvalue weighted by Gasteiger charge is -2.12. The fraction of sp³-hybridized carbons (Fsp3) is 0.0667. The molecule has 0 unspecified atom stereocenters. The molecule has 2 rings (SSSR count). The average Bonchev–Trinajstić information content (AvgIpc) is 2.49. The molecule has 0 aliphatic rings. The van der Waals surface area contributed by atoms with Gasteiger partial charge in [0.05, 0.1) is 18.2 Å². The molecule has 0 spiro atoms. The zero-order valence-electron chi connectivity index (χ0n) is 11.1. The fourth-order valence-electron chi connectivity index (χ4n) is 1.79. The van der Waals surface area contributed by atoms with E-state index in [0.717, 1.165) is 0 Å². The Morgan fingerprint density at radius 2 is 2.14 bits per heavy atom. The van der Waals surface area contributed by atoms with E-state index < -0.39 is 5.91 Å². The van der Waals surface area contributed by atoms with Crippen molar-refractivity contribution < 1.29 is 14.6 Å². The van der Waals surface area contributed by atoms with Crippen molar-refractivity contribution in [2.75, 3.05) is 12.4 Å². The van der Waals surface area contributed by atoms with Crippen molar-refractivity contribution in [2.45, 2.75) is 0 Å². The number of aromatic hydroxyl groups is 1. The number of phenols is 1. The van der Waals surface area contributed by atoms with Gasteiger partial charge in [0.2, 0.25) is 0 Å². The van der Waals surface area contributed by atoms with Gasteiger partial charge in [0.25, 0.3) is 5.91 Å². The lowest BCUT2D eigenvalue weighted by atomic mass is 10.1. The maximum absolute atomic E-state index is 12.3. The molecule has 0 bridgehead atoms. The number of benzene rings is 2. The Labute approximate surface area is 129 Å². The van der Waals surface area contributed by atoms with Gasteiger partial charge in [-0.25, -0.2) is 0 Å². The highest BCUT2D eigenvalue weighted by Gasteiger charge is 2.16. The van der Waals surface area contributed by atoms with Crippen LogP contribution in [-0.4, -0.2) is 18.1 Å². The number of anilines is 1. The number of nitriles is 1. The summed E-state index contributed by atoms with van der Waals surface area (Å²) in [6, 6.07) is 11.4. The van der Waals surface area contributed by atoms with E-state index in [9.17, 15) is 9.90 Å². The molecule has 2 aromatic carbocycles.